The highest BCUT2D eigenvalue weighted by Crippen LogP contribution is 2.31. The molecule has 13 heavy (non-hydrogen) atoms. The standard InChI is InChI=1S/C12H14S/c1-5-10-7-6-8-11(9-10)13-12(2,3)4/h1,6-9H,2-4H3. The lowest BCUT2D eigenvalue weighted by Gasteiger charge is -2.17. The van der Waals surface area contributed by atoms with Gasteiger partial charge in [-0.05, 0) is 18.2 Å². The number of terminal acetylenes is 1. The molecule has 0 amide bonds. The molecule has 0 bridgehead atoms. The van der Waals surface area contributed by atoms with Gasteiger partial charge in [-0.3, -0.25) is 0 Å². The number of hydrogen-bond acceptors (Lipinski definition) is 1. The van der Waals surface area contributed by atoms with E-state index in [1.54, 1.807) is 0 Å². The Kier molecular flexibility index (Phi) is 3.06. The van der Waals surface area contributed by atoms with Gasteiger partial charge >= 0.3 is 0 Å². The molecule has 0 atom stereocenters. The van der Waals surface area contributed by atoms with Crippen molar-refractivity contribution in [2.75, 3.05) is 0 Å². The zero-order chi connectivity index (χ0) is 9.90. The molecule has 1 heteroatoms. The van der Waals surface area contributed by atoms with Gasteiger partial charge < -0.3 is 0 Å². The summed E-state index contributed by atoms with van der Waals surface area (Å²) in [6, 6.07) is 8.10. The molecule has 0 nitrogen and oxygen atoms in total. The fraction of sp³-hybridized carbons (Fsp3) is 0.333. The summed E-state index contributed by atoms with van der Waals surface area (Å²) in [5.74, 6) is 2.64. The first-order valence-corrected chi connectivity index (χ1v) is 5.08. The van der Waals surface area contributed by atoms with E-state index in [1.807, 2.05) is 23.9 Å². The van der Waals surface area contributed by atoms with Gasteiger partial charge in [-0.15, -0.1) is 18.2 Å². The lowest BCUT2D eigenvalue weighted by atomic mass is 10.2. The van der Waals surface area contributed by atoms with Crippen LogP contribution in [0, 0.1) is 12.3 Å². The molecule has 0 aliphatic heterocycles. The molecule has 0 aliphatic rings. The van der Waals surface area contributed by atoms with E-state index in [2.05, 4.69) is 38.8 Å². The molecule has 0 aliphatic carbocycles. The molecule has 0 aromatic heterocycles. The Balaban J connectivity index is 2.86. The van der Waals surface area contributed by atoms with Crippen molar-refractivity contribution in [1.29, 1.82) is 0 Å². The molecular weight excluding hydrogens is 176 g/mol. The predicted octanol–water partition coefficient (Wildman–Crippen LogP) is 3.56. The van der Waals surface area contributed by atoms with Crippen LogP contribution in [0.15, 0.2) is 29.2 Å². The van der Waals surface area contributed by atoms with Crippen LogP contribution in [-0.4, -0.2) is 4.75 Å². The Morgan fingerprint density at radius 1 is 1.31 bits per heavy atom. The third-order valence-corrected chi connectivity index (χ3v) is 2.53. The topological polar surface area (TPSA) is 0 Å². The molecule has 0 saturated carbocycles. The highest BCUT2D eigenvalue weighted by Gasteiger charge is 2.11. The van der Waals surface area contributed by atoms with Crippen LogP contribution < -0.4 is 0 Å². The fourth-order valence-electron chi connectivity index (χ4n) is 1.00. The minimum atomic E-state index is 0.243. The summed E-state index contributed by atoms with van der Waals surface area (Å²) in [4.78, 5) is 1.24. The Labute approximate surface area is 84.7 Å². The number of hydrogen-bond donors (Lipinski definition) is 0. The summed E-state index contributed by atoms with van der Waals surface area (Å²) >= 11 is 1.83. The second-order valence-electron chi connectivity index (χ2n) is 3.89. The van der Waals surface area contributed by atoms with Crippen LogP contribution in [0.2, 0.25) is 0 Å². The minimum Gasteiger partial charge on any atom is -0.120 e. The molecule has 0 fully saturated rings. The summed E-state index contributed by atoms with van der Waals surface area (Å²) < 4.78 is 0.243. The molecule has 0 spiro atoms. The molecule has 68 valence electrons. The van der Waals surface area contributed by atoms with Gasteiger partial charge in [0.25, 0.3) is 0 Å². The Morgan fingerprint density at radius 2 is 2.00 bits per heavy atom. The third-order valence-electron chi connectivity index (χ3n) is 1.42. The molecular formula is C12H14S. The molecule has 1 aromatic carbocycles. The van der Waals surface area contributed by atoms with Crippen molar-refractivity contribution in [2.45, 2.75) is 30.4 Å². The van der Waals surface area contributed by atoms with Crippen molar-refractivity contribution < 1.29 is 0 Å². The summed E-state index contributed by atoms with van der Waals surface area (Å²) in [7, 11) is 0. The summed E-state index contributed by atoms with van der Waals surface area (Å²) in [6.07, 6.45) is 5.32. The summed E-state index contributed by atoms with van der Waals surface area (Å²) in [6.45, 7) is 6.58. The molecule has 0 N–H and O–H groups in total. The average molecular weight is 190 g/mol. The van der Waals surface area contributed by atoms with Crippen molar-refractivity contribution in [2.24, 2.45) is 0 Å². The zero-order valence-corrected chi connectivity index (χ0v) is 9.11. The van der Waals surface area contributed by atoms with Gasteiger partial charge in [-0.25, -0.2) is 0 Å². The SMILES string of the molecule is C#Cc1cccc(SC(C)(C)C)c1. The van der Waals surface area contributed by atoms with E-state index in [0.717, 1.165) is 5.56 Å². The van der Waals surface area contributed by atoms with Crippen LogP contribution in [0.25, 0.3) is 0 Å². The van der Waals surface area contributed by atoms with Crippen LogP contribution in [-0.2, 0) is 0 Å². The molecule has 1 aromatic rings. The first-order chi connectivity index (χ1) is 6.01. The normalized spacial score (nSPS) is 10.9. The van der Waals surface area contributed by atoms with Gasteiger partial charge in [-0.2, -0.15) is 0 Å². The Morgan fingerprint density at radius 3 is 2.54 bits per heavy atom. The van der Waals surface area contributed by atoms with Gasteiger partial charge in [0.2, 0.25) is 0 Å². The third kappa shape index (κ3) is 3.57. The lowest BCUT2D eigenvalue weighted by molar-refractivity contribution is 0.803. The van der Waals surface area contributed by atoms with Crippen molar-refractivity contribution in [3.8, 4) is 12.3 Å². The maximum atomic E-state index is 5.32. The lowest BCUT2D eigenvalue weighted by Crippen LogP contribution is -2.06. The first-order valence-electron chi connectivity index (χ1n) is 4.27. The van der Waals surface area contributed by atoms with E-state index in [0.29, 0.717) is 0 Å². The van der Waals surface area contributed by atoms with E-state index in [-0.39, 0.29) is 4.75 Å². The number of rotatable bonds is 1. The van der Waals surface area contributed by atoms with Gasteiger partial charge in [0.15, 0.2) is 0 Å². The highest BCUT2D eigenvalue weighted by molar-refractivity contribution is 8.00. The van der Waals surface area contributed by atoms with Gasteiger partial charge in [0.05, 0.1) is 0 Å². The number of thioether (sulfide) groups is 1. The predicted molar refractivity (Wildman–Crippen MR) is 60.0 cm³/mol. The summed E-state index contributed by atoms with van der Waals surface area (Å²) in [5, 5.41) is 0. The second-order valence-corrected chi connectivity index (χ2v) is 5.79. The Bertz CT molecular complexity index is 326. The molecule has 0 unspecified atom stereocenters. The molecule has 0 radical (unpaired) electrons. The van der Waals surface area contributed by atoms with Gasteiger partial charge in [0.1, 0.15) is 0 Å². The second kappa shape index (κ2) is 3.89. The van der Waals surface area contributed by atoms with E-state index in [1.165, 1.54) is 4.90 Å². The van der Waals surface area contributed by atoms with Crippen molar-refractivity contribution in [3.05, 3.63) is 29.8 Å². The molecule has 0 saturated heterocycles. The van der Waals surface area contributed by atoms with Crippen LogP contribution in [0.3, 0.4) is 0 Å². The largest absolute Gasteiger partial charge is 0.120 e. The summed E-state index contributed by atoms with van der Waals surface area (Å²) in [5.41, 5.74) is 0.953. The van der Waals surface area contributed by atoms with Gasteiger partial charge in [0, 0.05) is 15.2 Å². The van der Waals surface area contributed by atoms with Crippen LogP contribution in [0.1, 0.15) is 26.3 Å². The van der Waals surface area contributed by atoms with E-state index in [4.69, 9.17) is 6.42 Å². The van der Waals surface area contributed by atoms with E-state index >= 15 is 0 Å². The van der Waals surface area contributed by atoms with Crippen molar-refractivity contribution in [1.82, 2.24) is 0 Å². The van der Waals surface area contributed by atoms with Crippen LogP contribution in [0.5, 0.6) is 0 Å². The fourth-order valence-corrected chi connectivity index (χ4v) is 2.04. The average Bonchev–Trinajstić information content (AvgIpc) is 2.01. The van der Waals surface area contributed by atoms with Crippen LogP contribution >= 0.6 is 11.8 Å². The minimum absolute atomic E-state index is 0.243. The Hall–Kier alpha value is -0.870. The van der Waals surface area contributed by atoms with E-state index in [9.17, 15) is 0 Å². The first kappa shape index (κ1) is 10.2. The maximum absolute atomic E-state index is 5.32. The van der Waals surface area contributed by atoms with Gasteiger partial charge in [-0.1, -0.05) is 32.8 Å². The highest BCUT2D eigenvalue weighted by atomic mass is 32.2. The van der Waals surface area contributed by atoms with Crippen LogP contribution in [0.4, 0.5) is 0 Å². The zero-order valence-electron chi connectivity index (χ0n) is 8.29. The van der Waals surface area contributed by atoms with Crippen molar-refractivity contribution >= 4 is 11.8 Å². The van der Waals surface area contributed by atoms with E-state index < -0.39 is 0 Å². The molecule has 0 heterocycles. The quantitative estimate of drug-likeness (QED) is 0.482. The maximum Gasteiger partial charge on any atom is 0.0253 e. The van der Waals surface area contributed by atoms with Crippen molar-refractivity contribution in [3.63, 3.8) is 0 Å². The smallest absolute Gasteiger partial charge is 0.0253 e. The monoisotopic (exact) mass is 190 g/mol. The molecule has 1 rings (SSSR count). The number of benzene rings is 1.